The number of nitrogens with one attached hydrogen (secondary N) is 1. The Labute approximate surface area is 117 Å². The van der Waals surface area contributed by atoms with E-state index in [0.717, 1.165) is 13.1 Å². The third-order valence-electron chi connectivity index (χ3n) is 4.06. The van der Waals surface area contributed by atoms with Crippen molar-refractivity contribution >= 4 is 0 Å². The van der Waals surface area contributed by atoms with E-state index in [-0.39, 0.29) is 5.41 Å². The van der Waals surface area contributed by atoms with Crippen LogP contribution in [0, 0.1) is 5.41 Å². The van der Waals surface area contributed by atoms with Crippen molar-refractivity contribution in [1.29, 1.82) is 0 Å². The fourth-order valence-corrected chi connectivity index (χ4v) is 2.77. The molecule has 0 saturated carbocycles. The molecule has 1 aliphatic heterocycles. The van der Waals surface area contributed by atoms with Crippen molar-refractivity contribution in [1.82, 2.24) is 19.8 Å². The maximum absolute atomic E-state index is 4.14. The summed E-state index contributed by atoms with van der Waals surface area (Å²) in [6, 6.07) is 1.09. The second kappa shape index (κ2) is 6.06. The van der Waals surface area contributed by atoms with Crippen molar-refractivity contribution in [2.24, 2.45) is 5.41 Å². The lowest BCUT2D eigenvalue weighted by atomic mass is 9.85. The molecule has 1 saturated heterocycles. The van der Waals surface area contributed by atoms with E-state index in [1.165, 1.54) is 19.4 Å². The topological polar surface area (TPSA) is 33.1 Å². The van der Waals surface area contributed by atoms with E-state index in [4.69, 9.17) is 0 Å². The van der Waals surface area contributed by atoms with Gasteiger partial charge in [0.05, 0.1) is 6.33 Å². The summed E-state index contributed by atoms with van der Waals surface area (Å²) in [6.07, 6.45) is 8.41. The Bertz CT molecular complexity index is 366. The minimum Gasteiger partial charge on any atom is -0.336 e. The molecular weight excluding hydrogens is 236 g/mol. The highest BCUT2D eigenvalue weighted by molar-refractivity contribution is 4.88. The molecule has 2 rings (SSSR count). The number of piperidine rings is 1. The lowest BCUT2D eigenvalue weighted by Gasteiger charge is -2.38. The van der Waals surface area contributed by atoms with E-state index in [9.17, 15) is 0 Å². The first-order chi connectivity index (χ1) is 8.95. The molecule has 19 heavy (non-hydrogen) atoms. The van der Waals surface area contributed by atoms with Crippen LogP contribution in [0.4, 0.5) is 0 Å². The molecule has 1 N–H and O–H groups in total. The van der Waals surface area contributed by atoms with Crippen LogP contribution in [0.25, 0.3) is 0 Å². The van der Waals surface area contributed by atoms with Gasteiger partial charge in [-0.15, -0.1) is 0 Å². The third-order valence-corrected chi connectivity index (χ3v) is 4.06. The minimum atomic E-state index is 0.250. The van der Waals surface area contributed by atoms with Gasteiger partial charge in [0, 0.05) is 37.6 Å². The Kier molecular flexibility index (Phi) is 4.63. The highest BCUT2D eigenvalue weighted by Gasteiger charge is 2.28. The summed E-state index contributed by atoms with van der Waals surface area (Å²) in [4.78, 5) is 6.57. The average molecular weight is 264 g/mol. The van der Waals surface area contributed by atoms with Gasteiger partial charge in [-0.2, -0.15) is 0 Å². The Balaban J connectivity index is 1.97. The molecule has 0 aromatic carbocycles. The molecule has 0 bridgehead atoms. The number of nitrogens with zero attached hydrogens (tertiary/aromatic N) is 3. The summed E-state index contributed by atoms with van der Waals surface area (Å²) >= 11 is 0. The van der Waals surface area contributed by atoms with Crippen LogP contribution in [0.1, 0.15) is 33.6 Å². The Morgan fingerprint density at radius 1 is 1.42 bits per heavy atom. The molecule has 0 radical (unpaired) electrons. The van der Waals surface area contributed by atoms with Crippen LogP contribution < -0.4 is 5.32 Å². The van der Waals surface area contributed by atoms with E-state index in [1.807, 2.05) is 18.7 Å². The SMILES string of the molecule is CN1CCCC(NC(Cn2ccnc2)C(C)(C)C)C1. The fraction of sp³-hybridized carbons (Fsp3) is 0.800. The molecule has 2 heterocycles. The molecule has 2 atom stereocenters. The van der Waals surface area contributed by atoms with Gasteiger partial charge in [-0.1, -0.05) is 20.8 Å². The van der Waals surface area contributed by atoms with Crippen LogP contribution in [0.15, 0.2) is 18.7 Å². The predicted molar refractivity (Wildman–Crippen MR) is 79.1 cm³/mol. The van der Waals surface area contributed by atoms with Crippen molar-refractivity contribution in [3.05, 3.63) is 18.7 Å². The molecule has 2 unspecified atom stereocenters. The van der Waals surface area contributed by atoms with Gasteiger partial charge in [0.2, 0.25) is 0 Å². The first-order valence-electron chi connectivity index (χ1n) is 7.35. The zero-order valence-corrected chi connectivity index (χ0v) is 12.8. The summed E-state index contributed by atoms with van der Waals surface area (Å²) in [5, 5.41) is 3.87. The minimum absolute atomic E-state index is 0.250. The molecule has 4 heteroatoms. The van der Waals surface area contributed by atoms with Crippen molar-refractivity contribution < 1.29 is 0 Å². The average Bonchev–Trinajstić information content (AvgIpc) is 2.80. The maximum Gasteiger partial charge on any atom is 0.0946 e. The van der Waals surface area contributed by atoms with E-state index in [1.54, 1.807) is 0 Å². The number of likely N-dealkylation sites (tertiary alicyclic amines) is 1. The smallest absolute Gasteiger partial charge is 0.0946 e. The lowest BCUT2D eigenvalue weighted by molar-refractivity contribution is 0.167. The summed E-state index contributed by atoms with van der Waals surface area (Å²) in [7, 11) is 2.22. The normalized spacial score (nSPS) is 23.5. The Morgan fingerprint density at radius 3 is 2.79 bits per heavy atom. The van der Waals surface area contributed by atoms with Gasteiger partial charge in [-0.25, -0.2) is 4.98 Å². The number of rotatable bonds is 4. The number of hydrogen-bond donors (Lipinski definition) is 1. The maximum atomic E-state index is 4.14. The number of aromatic nitrogens is 2. The van der Waals surface area contributed by atoms with Gasteiger partial charge < -0.3 is 14.8 Å². The second-order valence-corrected chi connectivity index (χ2v) is 6.95. The standard InChI is InChI=1S/C15H28N4/c1-15(2,3)14(11-19-9-7-16-12-19)17-13-6-5-8-18(4)10-13/h7,9,12-14,17H,5-6,8,10-11H2,1-4H3. The van der Waals surface area contributed by atoms with Crippen molar-refractivity contribution in [3.63, 3.8) is 0 Å². The molecular formula is C15H28N4. The Hall–Kier alpha value is -0.870. The van der Waals surface area contributed by atoms with Gasteiger partial charge in [0.15, 0.2) is 0 Å². The van der Waals surface area contributed by atoms with E-state index in [2.05, 4.69) is 47.6 Å². The van der Waals surface area contributed by atoms with Gasteiger partial charge in [0.25, 0.3) is 0 Å². The summed E-state index contributed by atoms with van der Waals surface area (Å²) in [6.45, 7) is 10.3. The van der Waals surface area contributed by atoms with Gasteiger partial charge in [-0.05, 0) is 31.8 Å². The van der Waals surface area contributed by atoms with Crippen LogP contribution in [0.2, 0.25) is 0 Å². The molecule has 1 aromatic heterocycles. The fourth-order valence-electron chi connectivity index (χ4n) is 2.77. The summed E-state index contributed by atoms with van der Waals surface area (Å²) < 4.78 is 2.18. The van der Waals surface area contributed by atoms with Gasteiger partial charge >= 0.3 is 0 Å². The summed E-state index contributed by atoms with van der Waals surface area (Å²) in [5.41, 5.74) is 0.250. The highest BCUT2D eigenvalue weighted by Crippen LogP contribution is 2.22. The zero-order chi connectivity index (χ0) is 13.9. The van der Waals surface area contributed by atoms with Gasteiger partial charge in [0.1, 0.15) is 0 Å². The molecule has 0 spiro atoms. The quantitative estimate of drug-likeness (QED) is 0.903. The first kappa shape index (κ1) is 14.5. The second-order valence-electron chi connectivity index (χ2n) is 6.95. The van der Waals surface area contributed by atoms with Crippen molar-refractivity contribution in [2.75, 3.05) is 20.1 Å². The summed E-state index contributed by atoms with van der Waals surface area (Å²) in [5.74, 6) is 0. The number of hydrogen-bond acceptors (Lipinski definition) is 3. The number of imidazole rings is 1. The van der Waals surface area contributed by atoms with E-state index in [0.29, 0.717) is 12.1 Å². The Morgan fingerprint density at radius 2 is 2.21 bits per heavy atom. The molecule has 1 fully saturated rings. The zero-order valence-electron chi connectivity index (χ0n) is 12.8. The molecule has 108 valence electrons. The number of likely N-dealkylation sites (N-methyl/N-ethyl adjacent to an activating group) is 1. The molecule has 0 aliphatic carbocycles. The highest BCUT2D eigenvalue weighted by atomic mass is 15.2. The van der Waals surface area contributed by atoms with Crippen LogP contribution >= 0.6 is 0 Å². The van der Waals surface area contributed by atoms with E-state index < -0.39 is 0 Å². The lowest BCUT2D eigenvalue weighted by Crippen LogP contribution is -2.53. The van der Waals surface area contributed by atoms with E-state index >= 15 is 0 Å². The molecule has 4 nitrogen and oxygen atoms in total. The molecule has 1 aliphatic rings. The van der Waals surface area contributed by atoms with Crippen LogP contribution in [0.5, 0.6) is 0 Å². The monoisotopic (exact) mass is 264 g/mol. The third kappa shape index (κ3) is 4.32. The van der Waals surface area contributed by atoms with Crippen LogP contribution in [-0.2, 0) is 6.54 Å². The van der Waals surface area contributed by atoms with Crippen LogP contribution in [0.3, 0.4) is 0 Å². The van der Waals surface area contributed by atoms with Crippen molar-refractivity contribution in [2.45, 2.75) is 52.2 Å². The van der Waals surface area contributed by atoms with Crippen molar-refractivity contribution in [3.8, 4) is 0 Å². The largest absolute Gasteiger partial charge is 0.336 e. The predicted octanol–water partition coefficient (Wildman–Crippen LogP) is 1.98. The first-order valence-corrected chi connectivity index (χ1v) is 7.35. The van der Waals surface area contributed by atoms with Crippen LogP contribution in [-0.4, -0.2) is 46.7 Å². The molecule has 0 amide bonds. The van der Waals surface area contributed by atoms with Gasteiger partial charge in [-0.3, -0.25) is 0 Å². The molecule has 1 aromatic rings.